The quantitative estimate of drug-likeness (QED) is 0.309. The third-order valence-corrected chi connectivity index (χ3v) is 7.95. The minimum Gasteiger partial charge on any atom is -0.489 e. The van der Waals surface area contributed by atoms with Crippen LogP contribution in [-0.2, 0) is 30.8 Å². The minimum absolute atomic E-state index is 0.401. The van der Waals surface area contributed by atoms with E-state index in [1.54, 1.807) is 0 Å². The highest BCUT2D eigenvalue weighted by atomic mass is 16.5. The Morgan fingerprint density at radius 2 is 1.79 bits per heavy atom. The molecule has 2 heterocycles. The summed E-state index contributed by atoms with van der Waals surface area (Å²) in [5, 5.41) is 9.83. The molecule has 1 aliphatic rings. The second-order valence-corrected chi connectivity index (χ2v) is 10.8. The fourth-order valence-electron chi connectivity index (χ4n) is 5.60. The molecule has 5 nitrogen and oxygen atoms in total. The molecule has 0 amide bonds. The van der Waals surface area contributed by atoms with E-state index < -0.39 is 12.0 Å². The zero-order valence-corrected chi connectivity index (χ0v) is 23.8. The molecule has 3 aromatic rings. The topological polar surface area (TPSA) is 62.7 Å². The van der Waals surface area contributed by atoms with Gasteiger partial charge in [0.15, 0.2) is 0 Å². The fourth-order valence-corrected chi connectivity index (χ4v) is 5.60. The summed E-state index contributed by atoms with van der Waals surface area (Å²) in [6.07, 6.45) is 3.46. The van der Waals surface area contributed by atoms with Crippen LogP contribution in [-0.4, -0.2) is 33.5 Å². The van der Waals surface area contributed by atoms with Crippen LogP contribution in [0.5, 0.6) is 5.75 Å². The molecule has 2 aromatic carbocycles. The number of carbonyl (C=O) groups is 1. The Hall–Kier alpha value is -3.18. The van der Waals surface area contributed by atoms with E-state index >= 15 is 0 Å². The molecule has 38 heavy (non-hydrogen) atoms. The van der Waals surface area contributed by atoms with Crippen molar-refractivity contribution in [3.8, 4) is 17.0 Å². The lowest BCUT2D eigenvalue weighted by molar-refractivity contribution is -0.142. The van der Waals surface area contributed by atoms with Gasteiger partial charge in [-0.15, -0.1) is 0 Å². The van der Waals surface area contributed by atoms with Gasteiger partial charge in [0.05, 0.1) is 5.69 Å². The summed E-state index contributed by atoms with van der Waals surface area (Å²) < 4.78 is 6.43. The molecule has 0 saturated carbocycles. The summed E-state index contributed by atoms with van der Waals surface area (Å²) in [6, 6.07) is 14.7. The number of ether oxygens (including phenoxy) is 1. The third-order valence-electron chi connectivity index (χ3n) is 7.95. The number of aromatic nitrogens is 1. The van der Waals surface area contributed by atoms with Crippen LogP contribution in [0.3, 0.4) is 0 Å². The number of carboxylic acids is 1. The van der Waals surface area contributed by atoms with Crippen molar-refractivity contribution >= 4 is 5.97 Å². The van der Waals surface area contributed by atoms with Gasteiger partial charge in [-0.05, 0) is 91.9 Å². The SMILES string of the molecule is CCc1cccc(CC)c1-c1cc(CN2CCC[C@H]2C(=O)O)c(COc2cc(C(C)C)ccc2C)c(C)n1. The molecule has 0 unspecified atom stereocenters. The number of aryl methyl sites for hydroxylation is 4. The Balaban J connectivity index is 1.77. The molecule has 1 atom stereocenters. The Morgan fingerprint density at radius 3 is 2.42 bits per heavy atom. The standard InChI is InChI=1S/C33H42N2O3/c1-7-24-11-9-12-25(8-2)32(24)29-17-27(19-35-16-10-13-30(35)33(36)37)28(23(6)34-29)20-38-31-18-26(21(3)4)15-14-22(31)5/h9,11-12,14-15,17-18,21,30H,7-8,10,13,16,19-20H2,1-6H3,(H,36,37)/t30-/m0/s1. The summed E-state index contributed by atoms with van der Waals surface area (Å²) in [5.74, 6) is 0.572. The van der Waals surface area contributed by atoms with Gasteiger partial charge in [0.2, 0.25) is 0 Å². The number of carboxylic acid groups (broad SMARTS) is 1. The second kappa shape index (κ2) is 12.1. The molecule has 0 spiro atoms. The van der Waals surface area contributed by atoms with Crippen molar-refractivity contribution < 1.29 is 14.6 Å². The summed E-state index contributed by atoms with van der Waals surface area (Å²) in [4.78, 5) is 19.2. The minimum atomic E-state index is -0.739. The van der Waals surface area contributed by atoms with Gasteiger partial charge < -0.3 is 9.84 Å². The normalized spacial score (nSPS) is 15.8. The van der Waals surface area contributed by atoms with Crippen LogP contribution in [0.2, 0.25) is 0 Å². The maximum atomic E-state index is 12.0. The van der Waals surface area contributed by atoms with Gasteiger partial charge in [-0.3, -0.25) is 14.7 Å². The van der Waals surface area contributed by atoms with Crippen LogP contribution in [0.4, 0.5) is 0 Å². The van der Waals surface area contributed by atoms with Gasteiger partial charge in [0, 0.05) is 23.4 Å². The molecule has 202 valence electrons. The summed E-state index contributed by atoms with van der Waals surface area (Å²) in [7, 11) is 0. The smallest absolute Gasteiger partial charge is 0.320 e. The maximum Gasteiger partial charge on any atom is 0.320 e. The van der Waals surface area contributed by atoms with Crippen molar-refractivity contribution in [2.75, 3.05) is 6.54 Å². The Labute approximate surface area is 227 Å². The van der Waals surface area contributed by atoms with Crippen LogP contribution in [0.1, 0.15) is 85.5 Å². The van der Waals surface area contributed by atoms with E-state index in [0.717, 1.165) is 59.6 Å². The van der Waals surface area contributed by atoms with E-state index in [1.165, 1.54) is 22.3 Å². The molecular weight excluding hydrogens is 472 g/mol. The van der Waals surface area contributed by atoms with Crippen LogP contribution in [0.15, 0.2) is 42.5 Å². The summed E-state index contributed by atoms with van der Waals surface area (Å²) >= 11 is 0. The van der Waals surface area contributed by atoms with Crippen molar-refractivity contribution in [2.24, 2.45) is 0 Å². The number of hydrogen-bond acceptors (Lipinski definition) is 4. The molecule has 0 bridgehead atoms. The number of benzene rings is 2. The predicted molar refractivity (Wildman–Crippen MR) is 154 cm³/mol. The Kier molecular flexibility index (Phi) is 8.88. The van der Waals surface area contributed by atoms with Gasteiger partial charge in [-0.2, -0.15) is 0 Å². The van der Waals surface area contributed by atoms with Crippen molar-refractivity contribution in [1.29, 1.82) is 0 Å². The molecule has 1 fully saturated rings. The van der Waals surface area contributed by atoms with Gasteiger partial charge in [0.25, 0.3) is 0 Å². The number of likely N-dealkylation sites (tertiary alicyclic amines) is 1. The van der Waals surface area contributed by atoms with Crippen molar-refractivity contribution in [3.63, 3.8) is 0 Å². The number of pyridine rings is 1. The maximum absolute atomic E-state index is 12.0. The molecule has 5 heteroatoms. The van der Waals surface area contributed by atoms with Crippen LogP contribution >= 0.6 is 0 Å². The van der Waals surface area contributed by atoms with E-state index in [-0.39, 0.29) is 0 Å². The first kappa shape index (κ1) is 27.8. The highest BCUT2D eigenvalue weighted by Gasteiger charge is 2.31. The molecule has 1 aliphatic heterocycles. The highest BCUT2D eigenvalue weighted by Crippen LogP contribution is 2.33. The van der Waals surface area contributed by atoms with E-state index in [2.05, 4.69) is 88.9 Å². The first-order valence-corrected chi connectivity index (χ1v) is 14.0. The summed E-state index contributed by atoms with van der Waals surface area (Å²) in [6.45, 7) is 14.6. The third kappa shape index (κ3) is 5.94. The van der Waals surface area contributed by atoms with E-state index in [0.29, 0.717) is 25.5 Å². The molecule has 1 saturated heterocycles. The Morgan fingerprint density at radius 1 is 1.08 bits per heavy atom. The van der Waals surface area contributed by atoms with Gasteiger partial charge in [0.1, 0.15) is 18.4 Å². The van der Waals surface area contributed by atoms with Crippen molar-refractivity contribution in [2.45, 2.75) is 92.3 Å². The average molecular weight is 515 g/mol. The number of aliphatic carboxylic acids is 1. The van der Waals surface area contributed by atoms with Crippen LogP contribution in [0, 0.1) is 13.8 Å². The first-order chi connectivity index (χ1) is 18.2. The molecule has 1 aromatic heterocycles. The molecule has 4 rings (SSSR count). The number of rotatable bonds is 10. The first-order valence-electron chi connectivity index (χ1n) is 14.0. The highest BCUT2D eigenvalue weighted by molar-refractivity contribution is 5.74. The molecule has 1 N–H and O–H groups in total. The zero-order valence-electron chi connectivity index (χ0n) is 23.8. The predicted octanol–water partition coefficient (Wildman–Crippen LogP) is 7.24. The summed E-state index contributed by atoms with van der Waals surface area (Å²) in [5.41, 5.74) is 10.2. The lowest BCUT2D eigenvalue weighted by Gasteiger charge is -2.24. The number of hydrogen-bond donors (Lipinski definition) is 1. The average Bonchev–Trinajstić information content (AvgIpc) is 3.36. The second-order valence-electron chi connectivity index (χ2n) is 10.8. The Bertz CT molecular complexity index is 1280. The van der Waals surface area contributed by atoms with Crippen LogP contribution in [0.25, 0.3) is 11.3 Å². The largest absolute Gasteiger partial charge is 0.489 e. The lowest BCUT2D eigenvalue weighted by atomic mass is 9.93. The fraction of sp³-hybridized carbons (Fsp3) is 0.455. The zero-order chi connectivity index (χ0) is 27.4. The van der Waals surface area contributed by atoms with E-state index in [9.17, 15) is 9.90 Å². The van der Waals surface area contributed by atoms with Crippen molar-refractivity contribution in [1.82, 2.24) is 9.88 Å². The molecule has 0 radical (unpaired) electrons. The van der Waals surface area contributed by atoms with Gasteiger partial charge in [-0.25, -0.2) is 0 Å². The van der Waals surface area contributed by atoms with Crippen molar-refractivity contribution in [3.05, 3.63) is 81.5 Å². The van der Waals surface area contributed by atoms with Gasteiger partial charge >= 0.3 is 5.97 Å². The lowest BCUT2D eigenvalue weighted by Crippen LogP contribution is -2.35. The molecule has 0 aliphatic carbocycles. The van der Waals surface area contributed by atoms with E-state index in [1.807, 2.05) is 0 Å². The van der Waals surface area contributed by atoms with E-state index in [4.69, 9.17) is 9.72 Å². The van der Waals surface area contributed by atoms with Crippen LogP contribution < -0.4 is 4.74 Å². The number of nitrogens with zero attached hydrogens (tertiary/aromatic N) is 2. The monoisotopic (exact) mass is 514 g/mol. The molecular formula is C33H42N2O3. The van der Waals surface area contributed by atoms with Gasteiger partial charge in [-0.1, -0.05) is 58.0 Å².